The molecule has 3 rings (SSSR count). The zero-order chi connectivity index (χ0) is 18.8. The second-order valence-electron chi connectivity index (χ2n) is 5.71. The predicted molar refractivity (Wildman–Crippen MR) is 106 cm³/mol. The van der Waals surface area contributed by atoms with Crippen LogP contribution in [0.4, 0.5) is 5.82 Å². The zero-order valence-corrected chi connectivity index (χ0v) is 17.0. The van der Waals surface area contributed by atoms with E-state index in [-0.39, 0.29) is 12.2 Å². The van der Waals surface area contributed by atoms with Crippen LogP contribution in [0, 0.1) is 0 Å². The monoisotopic (exact) mass is 435 g/mol. The molecule has 0 fully saturated rings. The first-order chi connectivity index (χ1) is 12.5. The van der Waals surface area contributed by atoms with Crippen molar-refractivity contribution in [3.8, 4) is 0 Å². The van der Waals surface area contributed by atoms with E-state index >= 15 is 0 Å². The van der Waals surface area contributed by atoms with Gasteiger partial charge < -0.3 is 15.0 Å². The molecule has 1 aromatic heterocycles. The van der Waals surface area contributed by atoms with Crippen molar-refractivity contribution in [1.82, 2.24) is 9.97 Å². The largest absolute Gasteiger partial charge is 0.463 e. The van der Waals surface area contributed by atoms with Gasteiger partial charge in [-0.05, 0) is 37.8 Å². The van der Waals surface area contributed by atoms with E-state index < -0.39 is 11.9 Å². The average molecular weight is 436 g/mol. The lowest BCUT2D eigenvalue weighted by atomic mass is 9.82. The fourth-order valence-corrected chi connectivity index (χ4v) is 3.64. The first kappa shape index (κ1) is 18.7. The van der Waals surface area contributed by atoms with Gasteiger partial charge in [0, 0.05) is 10.2 Å². The van der Waals surface area contributed by atoms with Crippen LogP contribution in [0.3, 0.4) is 0 Å². The number of anilines is 1. The van der Waals surface area contributed by atoms with E-state index in [4.69, 9.17) is 4.74 Å². The summed E-state index contributed by atoms with van der Waals surface area (Å²) in [6, 6.07) is 7.54. The van der Waals surface area contributed by atoms with Gasteiger partial charge in [-0.3, -0.25) is 4.79 Å². The molecular formula is C18H18BrN3O3S. The van der Waals surface area contributed by atoms with Gasteiger partial charge in [0.2, 0.25) is 0 Å². The van der Waals surface area contributed by atoms with Crippen molar-refractivity contribution in [1.29, 1.82) is 0 Å². The Labute approximate surface area is 163 Å². The topological polar surface area (TPSA) is 84.1 Å². The highest BCUT2D eigenvalue weighted by atomic mass is 79.9. The molecular weight excluding hydrogens is 418 g/mol. The van der Waals surface area contributed by atoms with Gasteiger partial charge in [0.05, 0.1) is 23.7 Å². The Morgan fingerprint density at radius 2 is 2.04 bits per heavy atom. The van der Waals surface area contributed by atoms with Crippen LogP contribution < -0.4 is 10.9 Å². The molecule has 0 saturated heterocycles. The molecule has 8 heteroatoms. The molecule has 1 aromatic carbocycles. The van der Waals surface area contributed by atoms with Gasteiger partial charge in [0.1, 0.15) is 5.82 Å². The molecule has 0 spiro atoms. The minimum Gasteiger partial charge on any atom is -0.463 e. The van der Waals surface area contributed by atoms with Crippen molar-refractivity contribution < 1.29 is 9.53 Å². The number of fused-ring (bicyclic) bond motifs is 1. The molecule has 26 heavy (non-hydrogen) atoms. The maximum absolute atomic E-state index is 12.8. The average Bonchev–Trinajstić information content (AvgIpc) is 2.61. The Balaban J connectivity index is 2.25. The van der Waals surface area contributed by atoms with Gasteiger partial charge in [-0.15, -0.1) is 0 Å². The standard InChI is InChI=1S/C18H18BrN3O3S/c1-4-25-17(24)12-9(2)20-15-14(16(23)22-18(21-15)26-3)13(12)10-5-7-11(19)8-6-10/h5-8,13H,4H2,1-3H3,(H2,20,21,22,23)/t13-/m0/s1. The van der Waals surface area contributed by atoms with Crippen molar-refractivity contribution in [2.24, 2.45) is 0 Å². The zero-order valence-electron chi connectivity index (χ0n) is 14.6. The Morgan fingerprint density at radius 1 is 1.35 bits per heavy atom. The number of aromatic amines is 1. The molecule has 0 unspecified atom stereocenters. The highest BCUT2D eigenvalue weighted by molar-refractivity contribution is 9.10. The minimum absolute atomic E-state index is 0.259. The molecule has 136 valence electrons. The van der Waals surface area contributed by atoms with E-state index in [1.165, 1.54) is 11.8 Å². The number of carbonyl (C=O) groups excluding carboxylic acids is 1. The van der Waals surface area contributed by atoms with Gasteiger partial charge in [-0.1, -0.05) is 39.8 Å². The van der Waals surface area contributed by atoms with E-state index in [1.54, 1.807) is 13.8 Å². The number of nitrogens with one attached hydrogen (secondary N) is 2. The minimum atomic E-state index is -0.550. The van der Waals surface area contributed by atoms with Crippen LogP contribution in [0.5, 0.6) is 0 Å². The summed E-state index contributed by atoms with van der Waals surface area (Å²) < 4.78 is 6.16. The van der Waals surface area contributed by atoms with Crippen LogP contribution in [0.1, 0.15) is 30.9 Å². The smallest absolute Gasteiger partial charge is 0.336 e. The summed E-state index contributed by atoms with van der Waals surface area (Å²) in [4.78, 5) is 32.7. The molecule has 2 heterocycles. The number of allylic oxidation sites excluding steroid dienone is 1. The lowest BCUT2D eigenvalue weighted by Crippen LogP contribution is -2.31. The number of ether oxygens (including phenoxy) is 1. The fraction of sp³-hybridized carbons (Fsp3) is 0.278. The lowest BCUT2D eigenvalue weighted by Gasteiger charge is -2.28. The Morgan fingerprint density at radius 3 is 2.65 bits per heavy atom. The first-order valence-electron chi connectivity index (χ1n) is 8.04. The summed E-state index contributed by atoms with van der Waals surface area (Å²) in [7, 11) is 0. The summed E-state index contributed by atoms with van der Waals surface area (Å²) >= 11 is 4.77. The van der Waals surface area contributed by atoms with Crippen molar-refractivity contribution in [3.05, 3.63) is 61.5 Å². The molecule has 2 aromatic rings. The number of hydrogen-bond acceptors (Lipinski definition) is 6. The summed E-state index contributed by atoms with van der Waals surface area (Å²) in [6.45, 7) is 3.81. The quantitative estimate of drug-likeness (QED) is 0.433. The second-order valence-corrected chi connectivity index (χ2v) is 7.42. The van der Waals surface area contributed by atoms with Crippen molar-refractivity contribution in [2.75, 3.05) is 18.2 Å². The molecule has 0 radical (unpaired) electrons. The predicted octanol–water partition coefficient (Wildman–Crippen LogP) is 3.65. The van der Waals surface area contributed by atoms with Crippen LogP contribution in [-0.2, 0) is 9.53 Å². The third kappa shape index (κ3) is 3.43. The summed E-state index contributed by atoms with van der Waals surface area (Å²) in [5.41, 5.74) is 2.02. The Kier molecular flexibility index (Phi) is 5.52. The number of carbonyl (C=O) groups is 1. The van der Waals surface area contributed by atoms with Gasteiger partial charge in [0.25, 0.3) is 5.56 Å². The number of aromatic nitrogens is 2. The maximum Gasteiger partial charge on any atom is 0.336 e. The third-order valence-electron chi connectivity index (χ3n) is 4.11. The third-order valence-corrected chi connectivity index (χ3v) is 5.22. The highest BCUT2D eigenvalue weighted by Gasteiger charge is 2.36. The molecule has 0 aliphatic carbocycles. The van der Waals surface area contributed by atoms with Crippen LogP contribution in [0.2, 0.25) is 0 Å². The summed E-state index contributed by atoms with van der Waals surface area (Å²) in [5, 5.41) is 3.62. The lowest BCUT2D eigenvalue weighted by molar-refractivity contribution is -0.138. The molecule has 0 bridgehead atoms. The SMILES string of the molecule is CCOC(=O)C1=C(C)Nc2nc(SC)[nH]c(=O)c2[C@H]1c1ccc(Br)cc1. The molecule has 1 aliphatic heterocycles. The molecule has 0 amide bonds. The first-order valence-corrected chi connectivity index (χ1v) is 10.1. The second kappa shape index (κ2) is 7.67. The van der Waals surface area contributed by atoms with Crippen molar-refractivity contribution >= 4 is 39.5 Å². The van der Waals surface area contributed by atoms with E-state index in [1.807, 2.05) is 30.5 Å². The van der Waals surface area contributed by atoms with Crippen LogP contribution in [0.15, 0.2) is 50.0 Å². The van der Waals surface area contributed by atoms with E-state index in [0.717, 1.165) is 10.0 Å². The number of thioether (sulfide) groups is 1. The van der Waals surface area contributed by atoms with Gasteiger partial charge >= 0.3 is 5.97 Å². The van der Waals surface area contributed by atoms with Crippen LogP contribution in [-0.4, -0.2) is 28.8 Å². The van der Waals surface area contributed by atoms with Gasteiger partial charge in [-0.25, -0.2) is 9.78 Å². The van der Waals surface area contributed by atoms with E-state index in [9.17, 15) is 9.59 Å². The fourth-order valence-electron chi connectivity index (χ4n) is 3.00. The van der Waals surface area contributed by atoms with E-state index in [2.05, 4.69) is 31.2 Å². The normalized spacial score (nSPS) is 16.1. The number of nitrogens with zero attached hydrogens (tertiary/aromatic N) is 1. The van der Waals surface area contributed by atoms with Crippen molar-refractivity contribution in [2.45, 2.75) is 24.9 Å². The molecule has 2 N–H and O–H groups in total. The highest BCUT2D eigenvalue weighted by Crippen LogP contribution is 2.40. The molecule has 1 atom stereocenters. The number of esters is 1. The van der Waals surface area contributed by atoms with Gasteiger partial charge in [0.15, 0.2) is 5.16 Å². The molecule has 0 saturated carbocycles. The number of H-pyrrole nitrogens is 1. The molecule has 1 aliphatic rings. The number of benzene rings is 1. The Hall–Kier alpha value is -2.06. The number of hydrogen-bond donors (Lipinski definition) is 2. The Bertz CT molecular complexity index is 938. The summed E-state index contributed by atoms with van der Waals surface area (Å²) in [5.74, 6) is -0.522. The van der Waals surface area contributed by atoms with Crippen LogP contribution in [0.25, 0.3) is 0 Å². The van der Waals surface area contributed by atoms with Gasteiger partial charge in [-0.2, -0.15) is 0 Å². The molecule has 6 nitrogen and oxygen atoms in total. The number of rotatable bonds is 4. The van der Waals surface area contributed by atoms with Crippen LogP contribution >= 0.6 is 27.7 Å². The summed E-state index contributed by atoms with van der Waals surface area (Å²) in [6.07, 6.45) is 1.84. The maximum atomic E-state index is 12.8. The van der Waals surface area contributed by atoms with Crippen molar-refractivity contribution in [3.63, 3.8) is 0 Å². The number of halogens is 1. The van der Waals surface area contributed by atoms with E-state index in [0.29, 0.717) is 27.8 Å².